The number of anilines is 1. The van der Waals surface area contributed by atoms with Crippen LogP contribution in [0.15, 0.2) is 52.9 Å². The maximum Gasteiger partial charge on any atom is 0.233 e. The van der Waals surface area contributed by atoms with Crippen LogP contribution in [0.1, 0.15) is 5.56 Å². The fraction of sp³-hybridized carbons (Fsp3) is 0.333. The van der Waals surface area contributed by atoms with Gasteiger partial charge in [0.2, 0.25) is 5.91 Å². The standard InChI is InChI=1S/C21H23N3O2S2/c1-23(14-16-6-2-4-8-18(16)24-10-12-26-13-11-24)20(25)15-27-21-22-17-7-3-5-9-19(17)28-21/h2-9H,10-15H2,1H3. The number of hydrogen-bond acceptors (Lipinski definition) is 6. The number of rotatable bonds is 6. The molecule has 7 heteroatoms. The summed E-state index contributed by atoms with van der Waals surface area (Å²) in [6.45, 7) is 3.89. The van der Waals surface area contributed by atoms with Crippen LogP contribution in [0, 0.1) is 0 Å². The number of fused-ring (bicyclic) bond motifs is 1. The van der Waals surface area contributed by atoms with Gasteiger partial charge in [-0.25, -0.2) is 4.98 Å². The number of carbonyl (C=O) groups excluding carboxylic acids is 1. The third kappa shape index (κ3) is 4.48. The summed E-state index contributed by atoms with van der Waals surface area (Å²) in [6.07, 6.45) is 0. The number of aromatic nitrogens is 1. The van der Waals surface area contributed by atoms with Gasteiger partial charge in [-0.1, -0.05) is 42.1 Å². The van der Waals surface area contributed by atoms with E-state index in [1.54, 1.807) is 16.2 Å². The van der Waals surface area contributed by atoms with E-state index in [1.807, 2.05) is 31.3 Å². The smallest absolute Gasteiger partial charge is 0.233 e. The molecule has 5 nitrogen and oxygen atoms in total. The van der Waals surface area contributed by atoms with Crippen LogP contribution >= 0.6 is 23.1 Å². The highest BCUT2D eigenvalue weighted by molar-refractivity contribution is 8.01. The molecule has 0 unspecified atom stereocenters. The number of benzene rings is 2. The van der Waals surface area contributed by atoms with E-state index in [2.05, 4.69) is 34.1 Å². The molecule has 0 spiro atoms. The second-order valence-corrected chi connectivity index (χ2v) is 8.97. The van der Waals surface area contributed by atoms with Crippen LogP contribution in [0.2, 0.25) is 0 Å². The summed E-state index contributed by atoms with van der Waals surface area (Å²) in [5.74, 6) is 0.511. The minimum Gasteiger partial charge on any atom is -0.378 e. The molecule has 2 aromatic carbocycles. The number of nitrogens with zero attached hydrogens (tertiary/aromatic N) is 3. The molecule has 1 fully saturated rings. The van der Waals surface area contributed by atoms with E-state index in [4.69, 9.17) is 4.74 Å². The largest absolute Gasteiger partial charge is 0.378 e. The van der Waals surface area contributed by atoms with Gasteiger partial charge in [0, 0.05) is 32.4 Å². The summed E-state index contributed by atoms with van der Waals surface area (Å²) >= 11 is 3.15. The minimum absolute atomic E-state index is 0.112. The Morgan fingerprint density at radius 2 is 1.93 bits per heavy atom. The van der Waals surface area contributed by atoms with Crippen LogP contribution in [0.3, 0.4) is 0 Å². The van der Waals surface area contributed by atoms with E-state index in [0.29, 0.717) is 12.3 Å². The van der Waals surface area contributed by atoms with Crippen molar-refractivity contribution in [3.05, 3.63) is 54.1 Å². The molecule has 1 saturated heterocycles. The zero-order valence-corrected chi connectivity index (χ0v) is 17.5. The van der Waals surface area contributed by atoms with Crippen molar-refractivity contribution in [3.63, 3.8) is 0 Å². The first-order valence-electron chi connectivity index (χ1n) is 9.33. The van der Waals surface area contributed by atoms with E-state index < -0.39 is 0 Å². The van der Waals surface area contributed by atoms with Crippen LogP contribution in [0.4, 0.5) is 5.69 Å². The molecular formula is C21H23N3O2S2. The van der Waals surface area contributed by atoms with Crippen LogP contribution in [-0.2, 0) is 16.1 Å². The topological polar surface area (TPSA) is 45.7 Å². The predicted octanol–water partition coefficient (Wildman–Crippen LogP) is 3.88. The lowest BCUT2D eigenvalue weighted by Crippen LogP contribution is -2.37. The first-order chi connectivity index (χ1) is 13.7. The Morgan fingerprint density at radius 3 is 2.75 bits per heavy atom. The molecule has 0 aliphatic carbocycles. The molecule has 4 rings (SSSR count). The third-order valence-corrected chi connectivity index (χ3v) is 6.93. The monoisotopic (exact) mass is 413 g/mol. The molecule has 28 heavy (non-hydrogen) atoms. The van der Waals surface area contributed by atoms with Crippen LogP contribution in [0.25, 0.3) is 10.2 Å². The Kier molecular flexibility index (Phi) is 6.14. The molecule has 0 radical (unpaired) electrons. The van der Waals surface area contributed by atoms with Gasteiger partial charge in [0.25, 0.3) is 0 Å². The number of amides is 1. The lowest BCUT2D eigenvalue weighted by atomic mass is 10.1. The summed E-state index contributed by atoms with van der Waals surface area (Å²) in [5, 5.41) is 0. The van der Waals surface area contributed by atoms with Crippen molar-refractivity contribution in [1.82, 2.24) is 9.88 Å². The van der Waals surface area contributed by atoms with Crippen LogP contribution < -0.4 is 4.90 Å². The first-order valence-corrected chi connectivity index (χ1v) is 11.1. The first kappa shape index (κ1) is 19.2. The normalized spacial score (nSPS) is 14.4. The summed E-state index contributed by atoms with van der Waals surface area (Å²) in [4.78, 5) is 21.4. The Hall–Kier alpha value is -2.09. The lowest BCUT2D eigenvalue weighted by molar-refractivity contribution is -0.127. The number of morpholine rings is 1. The van der Waals surface area contributed by atoms with Gasteiger partial charge in [0.05, 0.1) is 29.2 Å². The van der Waals surface area contributed by atoms with Crippen LogP contribution in [0.5, 0.6) is 0 Å². The second kappa shape index (κ2) is 8.94. The third-order valence-electron chi connectivity index (χ3n) is 4.77. The number of hydrogen-bond donors (Lipinski definition) is 0. The van der Waals surface area contributed by atoms with Crippen molar-refractivity contribution in [2.45, 2.75) is 10.9 Å². The molecule has 1 aliphatic heterocycles. The number of thiazole rings is 1. The summed E-state index contributed by atoms with van der Waals surface area (Å²) in [7, 11) is 1.87. The summed E-state index contributed by atoms with van der Waals surface area (Å²) in [6, 6.07) is 16.4. The second-order valence-electron chi connectivity index (χ2n) is 6.71. The van der Waals surface area contributed by atoms with Crippen molar-refractivity contribution in [2.75, 3.05) is 44.0 Å². The fourth-order valence-electron chi connectivity index (χ4n) is 3.25. The zero-order valence-electron chi connectivity index (χ0n) is 15.8. The number of carbonyl (C=O) groups is 1. The predicted molar refractivity (Wildman–Crippen MR) is 116 cm³/mol. The minimum atomic E-state index is 0.112. The summed E-state index contributed by atoms with van der Waals surface area (Å²) in [5.41, 5.74) is 3.37. The SMILES string of the molecule is CN(Cc1ccccc1N1CCOCC1)C(=O)CSc1nc2ccccc2s1. The van der Waals surface area contributed by atoms with Crippen molar-refractivity contribution >= 4 is 44.9 Å². The van der Waals surface area contributed by atoms with Crippen LogP contribution in [-0.4, -0.2) is 54.9 Å². The van der Waals surface area contributed by atoms with Crippen molar-refractivity contribution in [1.29, 1.82) is 0 Å². The van der Waals surface area contributed by atoms with Gasteiger partial charge in [-0.05, 0) is 23.8 Å². The molecular weight excluding hydrogens is 390 g/mol. The molecule has 3 aromatic rings. The molecule has 0 saturated carbocycles. The Bertz CT molecular complexity index is 920. The molecule has 1 aromatic heterocycles. The van der Waals surface area contributed by atoms with E-state index >= 15 is 0 Å². The maximum atomic E-state index is 12.7. The van der Waals surface area contributed by atoms with Gasteiger partial charge in [0.15, 0.2) is 4.34 Å². The van der Waals surface area contributed by atoms with E-state index in [9.17, 15) is 4.79 Å². The van der Waals surface area contributed by atoms with Gasteiger partial charge < -0.3 is 14.5 Å². The number of thioether (sulfide) groups is 1. The van der Waals surface area contributed by atoms with Crippen molar-refractivity contribution in [3.8, 4) is 0 Å². The quantitative estimate of drug-likeness (QED) is 0.574. The lowest BCUT2D eigenvalue weighted by Gasteiger charge is -2.31. The summed E-state index contributed by atoms with van der Waals surface area (Å²) < 4.78 is 7.56. The van der Waals surface area contributed by atoms with Gasteiger partial charge in [-0.2, -0.15) is 0 Å². The molecule has 1 amide bonds. The van der Waals surface area contributed by atoms with Gasteiger partial charge >= 0.3 is 0 Å². The van der Waals surface area contributed by atoms with Crippen molar-refractivity contribution < 1.29 is 9.53 Å². The molecule has 0 atom stereocenters. The average Bonchev–Trinajstić information content (AvgIpc) is 3.16. The number of ether oxygens (including phenoxy) is 1. The Morgan fingerprint density at radius 1 is 1.18 bits per heavy atom. The van der Waals surface area contributed by atoms with Gasteiger partial charge in [-0.3, -0.25) is 4.79 Å². The highest BCUT2D eigenvalue weighted by Gasteiger charge is 2.17. The van der Waals surface area contributed by atoms with E-state index in [1.165, 1.54) is 23.0 Å². The molecule has 1 aliphatic rings. The number of para-hydroxylation sites is 2. The fourth-order valence-corrected chi connectivity index (χ4v) is 5.26. The molecule has 146 valence electrons. The highest BCUT2D eigenvalue weighted by atomic mass is 32.2. The van der Waals surface area contributed by atoms with Crippen molar-refractivity contribution in [2.24, 2.45) is 0 Å². The average molecular weight is 414 g/mol. The van der Waals surface area contributed by atoms with E-state index in [0.717, 1.165) is 40.9 Å². The maximum absolute atomic E-state index is 12.7. The Labute approximate surface area is 173 Å². The van der Waals surface area contributed by atoms with E-state index in [-0.39, 0.29) is 5.91 Å². The Balaban J connectivity index is 1.38. The molecule has 2 heterocycles. The zero-order chi connectivity index (χ0) is 19.3. The van der Waals surface area contributed by atoms with Gasteiger partial charge in [-0.15, -0.1) is 11.3 Å². The molecule has 0 bridgehead atoms. The molecule has 0 N–H and O–H groups in total. The highest BCUT2D eigenvalue weighted by Crippen LogP contribution is 2.29. The van der Waals surface area contributed by atoms with Gasteiger partial charge in [0.1, 0.15) is 0 Å².